The van der Waals surface area contributed by atoms with Gasteiger partial charge in [0.2, 0.25) is 0 Å². The normalized spacial score (nSPS) is 12.1. The quantitative estimate of drug-likeness (QED) is 0.763. The molecule has 0 aliphatic heterocycles. The summed E-state index contributed by atoms with van der Waals surface area (Å²) in [5.41, 5.74) is 5.57. The first kappa shape index (κ1) is 16.3. The van der Waals surface area contributed by atoms with Crippen molar-refractivity contribution in [1.29, 1.82) is 0 Å². The average Bonchev–Trinajstić information content (AvgIpc) is 3.19. The number of methoxy groups -OCH3 is 1. The van der Waals surface area contributed by atoms with Crippen LogP contribution in [0.5, 0.6) is 5.75 Å². The molecular weight excluding hydrogens is 324 g/mol. The first-order valence-electron chi connectivity index (χ1n) is 7.46. The van der Waals surface area contributed by atoms with Crippen molar-refractivity contribution < 1.29 is 14.6 Å². The van der Waals surface area contributed by atoms with Gasteiger partial charge in [-0.2, -0.15) is 0 Å². The van der Waals surface area contributed by atoms with Gasteiger partial charge in [0, 0.05) is 16.8 Å². The Balaban J connectivity index is 2.22. The minimum Gasteiger partial charge on any atom is -0.497 e. The lowest BCUT2D eigenvalue weighted by Crippen LogP contribution is -2.16. The third-order valence-electron chi connectivity index (χ3n) is 4.11. The van der Waals surface area contributed by atoms with Gasteiger partial charge in [-0.3, -0.25) is 0 Å². The zero-order valence-corrected chi connectivity index (χ0v) is 14.5. The number of rotatable bonds is 5. The maximum absolute atomic E-state index is 11.5. The number of hydrogen-bond donors (Lipinski definition) is 1. The summed E-state index contributed by atoms with van der Waals surface area (Å²) in [6, 6.07) is 9.30. The van der Waals surface area contributed by atoms with Crippen LogP contribution in [-0.4, -0.2) is 27.7 Å². The summed E-state index contributed by atoms with van der Waals surface area (Å²) in [4.78, 5) is 16.0. The predicted molar refractivity (Wildman–Crippen MR) is 93.2 cm³/mol. The van der Waals surface area contributed by atoms with Crippen molar-refractivity contribution in [2.75, 3.05) is 7.11 Å². The Morgan fingerprint density at radius 1 is 1.33 bits per heavy atom. The molecule has 0 aliphatic rings. The van der Waals surface area contributed by atoms with E-state index < -0.39 is 5.97 Å². The first-order valence-corrected chi connectivity index (χ1v) is 8.41. The summed E-state index contributed by atoms with van der Waals surface area (Å²) >= 11 is 1.52. The maximum atomic E-state index is 11.5. The van der Waals surface area contributed by atoms with E-state index in [0.717, 1.165) is 22.7 Å². The molecule has 0 spiro atoms. The monoisotopic (exact) mass is 342 g/mol. The van der Waals surface area contributed by atoms with Crippen LogP contribution in [0, 0.1) is 13.8 Å². The summed E-state index contributed by atoms with van der Waals surface area (Å²) < 4.78 is 7.36. The van der Waals surface area contributed by atoms with Crippen LogP contribution in [0.15, 0.2) is 41.2 Å². The third kappa shape index (κ3) is 2.80. The number of aryl methyl sites for hydroxylation is 1. The number of aromatic nitrogens is 2. The van der Waals surface area contributed by atoms with E-state index in [1.54, 1.807) is 18.7 Å². The van der Waals surface area contributed by atoms with Crippen molar-refractivity contribution in [3.8, 4) is 5.75 Å². The van der Waals surface area contributed by atoms with Gasteiger partial charge in [-0.25, -0.2) is 9.78 Å². The molecule has 1 unspecified atom stereocenters. The third-order valence-corrected chi connectivity index (χ3v) is 4.72. The molecule has 1 atom stereocenters. The number of carboxylic acid groups (broad SMARTS) is 1. The molecule has 0 aliphatic carbocycles. The molecule has 2 heterocycles. The second kappa shape index (κ2) is 6.49. The Morgan fingerprint density at radius 3 is 2.71 bits per heavy atom. The molecule has 0 saturated heterocycles. The highest BCUT2D eigenvalue weighted by Gasteiger charge is 2.25. The highest BCUT2D eigenvalue weighted by atomic mass is 32.1. The first-order chi connectivity index (χ1) is 11.5. The van der Waals surface area contributed by atoms with Gasteiger partial charge >= 0.3 is 5.97 Å². The molecule has 124 valence electrons. The van der Waals surface area contributed by atoms with Gasteiger partial charge < -0.3 is 14.4 Å². The van der Waals surface area contributed by atoms with Crippen molar-refractivity contribution in [2.45, 2.75) is 19.9 Å². The van der Waals surface area contributed by atoms with E-state index in [1.807, 2.05) is 48.1 Å². The number of aromatic carboxylic acids is 1. The van der Waals surface area contributed by atoms with E-state index in [4.69, 9.17) is 4.74 Å². The molecule has 6 heteroatoms. The lowest BCUT2D eigenvalue weighted by atomic mass is 10.0. The second-order valence-corrected chi connectivity index (χ2v) is 6.27. The summed E-state index contributed by atoms with van der Waals surface area (Å²) in [7, 11) is 1.63. The molecule has 3 aromatic rings. The topological polar surface area (TPSA) is 64.4 Å². The van der Waals surface area contributed by atoms with Crippen LogP contribution in [0.4, 0.5) is 0 Å². The van der Waals surface area contributed by atoms with E-state index in [1.165, 1.54) is 11.3 Å². The van der Waals surface area contributed by atoms with Crippen LogP contribution in [0.1, 0.15) is 39.0 Å². The van der Waals surface area contributed by atoms with Crippen molar-refractivity contribution in [1.82, 2.24) is 9.55 Å². The van der Waals surface area contributed by atoms with Gasteiger partial charge in [-0.15, -0.1) is 11.3 Å². The summed E-state index contributed by atoms with van der Waals surface area (Å²) in [5, 5.41) is 11.4. The molecule has 3 rings (SSSR count). The molecule has 0 bridgehead atoms. The van der Waals surface area contributed by atoms with E-state index in [0.29, 0.717) is 11.3 Å². The number of ether oxygens (including phenoxy) is 1. The van der Waals surface area contributed by atoms with Crippen LogP contribution >= 0.6 is 11.3 Å². The molecule has 0 fully saturated rings. The highest BCUT2D eigenvalue weighted by molar-refractivity contribution is 7.07. The predicted octanol–water partition coefficient (Wildman–Crippen LogP) is 3.91. The molecule has 0 saturated carbocycles. The molecule has 2 aromatic heterocycles. The SMILES string of the molecule is COc1cccc(C(c2cscn2)n2c(C)cc(C(=O)O)c2C)c1. The Hall–Kier alpha value is -2.60. The smallest absolute Gasteiger partial charge is 0.337 e. The fraction of sp³-hybridized carbons (Fsp3) is 0.222. The molecule has 24 heavy (non-hydrogen) atoms. The Morgan fingerprint density at radius 2 is 2.12 bits per heavy atom. The fourth-order valence-electron chi connectivity index (χ4n) is 3.01. The number of benzene rings is 1. The van der Waals surface area contributed by atoms with E-state index in [-0.39, 0.29) is 6.04 Å². The maximum Gasteiger partial charge on any atom is 0.337 e. The standard InChI is InChI=1S/C18H18N2O3S/c1-11-7-15(18(21)22)12(2)20(11)17(16-9-24-10-19-16)13-5-4-6-14(8-13)23-3/h4-10,17H,1-3H3,(H,21,22). The minimum absolute atomic E-state index is 0.195. The molecule has 0 radical (unpaired) electrons. The largest absolute Gasteiger partial charge is 0.497 e. The number of nitrogens with zero attached hydrogens (tertiary/aromatic N) is 2. The van der Waals surface area contributed by atoms with Crippen LogP contribution in [0.3, 0.4) is 0 Å². The fourth-order valence-corrected chi connectivity index (χ4v) is 3.58. The molecule has 5 nitrogen and oxygen atoms in total. The van der Waals surface area contributed by atoms with Gasteiger partial charge in [-0.1, -0.05) is 12.1 Å². The van der Waals surface area contributed by atoms with E-state index >= 15 is 0 Å². The molecule has 1 aromatic carbocycles. The van der Waals surface area contributed by atoms with Gasteiger partial charge in [-0.05, 0) is 37.6 Å². The number of carbonyl (C=O) groups is 1. The Labute approximate surface area is 144 Å². The lowest BCUT2D eigenvalue weighted by molar-refractivity contribution is 0.0696. The van der Waals surface area contributed by atoms with Crippen molar-refractivity contribution >= 4 is 17.3 Å². The summed E-state index contributed by atoms with van der Waals surface area (Å²) in [5.74, 6) is -0.161. The lowest BCUT2D eigenvalue weighted by Gasteiger charge is -2.22. The molecule has 1 N–H and O–H groups in total. The number of hydrogen-bond acceptors (Lipinski definition) is 4. The summed E-state index contributed by atoms with van der Waals surface area (Å²) in [6.45, 7) is 3.75. The van der Waals surface area contributed by atoms with Gasteiger partial charge in [0.1, 0.15) is 11.8 Å². The Bertz CT molecular complexity index is 869. The number of carboxylic acids is 1. The van der Waals surface area contributed by atoms with Crippen LogP contribution < -0.4 is 4.74 Å². The van der Waals surface area contributed by atoms with Crippen molar-refractivity contribution in [3.63, 3.8) is 0 Å². The van der Waals surface area contributed by atoms with Gasteiger partial charge in [0.05, 0.1) is 23.9 Å². The number of thiazole rings is 1. The molecular formula is C18H18N2O3S. The average molecular weight is 342 g/mol. The van der Waals surface area contributed by atoms with E-state index in [9.17, 15) is 9.90 Å². The van der Waals surface area contributed by atoms with Crippen molar-refractivity contribution in [3.05, 3.63) is 69.4 Å². The zero-order chi connectivity index (χ0) is 17.3. The van der Waals surface area contributed by atoms with Crippen LogP contribution in [-0.2, 0) is 0 Å². The van der Waals surface area contributed by atoms with Crippen LogP contribution in [0.25, 0.3) is 0 Å². The second-order valence-electron chi connectivity index (χ2n) is 5.55. The van der Waals surface area contributed by atoms with Crippen LogP contribution in [0.2, 0.25) is 0 Å². The zero-order valence-electron chi connectivity index (χ0n) is 13.7. The Kier molecular flexibility index (Phi) is 4.40. The highest BCUT2D eigenvalue weighted by Crippen LogP contribution is 2.33. The summed E-state index contributed by atoms with van der Waals surface area (Å²) in [6.07, 6.45) is 0. The minimum atomic E-state index is -0.919. The van der Waals surface area contributed by atoms with Gasteiger partial charge in [0.15, 0.2) is 0 Å². The van der Waals surface area contributed by atoms with Gasteiger partial charge in [0.25, 0.3) is 0 Å². The van der Waals surface area contributed by atoms with E-state index in [2.05, 4.69) is 4.98 Å². The molecule has 0 amide bonds. The van der Waals surface area contributed by atoms with Crippen molar-refractivity contribution in [2.24, 2.45) is 0 Å².